The minimum absolute atomic E-state index is 0.124. The van der Waals surface area contributed by atoms with Gasteiger partial charge in [0.15, 0.2) is 11.6 Å². The van der Waals surface area contributed by atoms with Crippen molar-refractivity contribution < 1.29 is 13.3 Å². The monoisotopic (exact) mass is 284 g/mol. The first-order valence-corrected chi connectivity index (χ1v) is 5.83. The SMILES string of the molecule is N#Cc1cc(-c2nc(-c3ccc(F)c(F)c3)no2)ccn1. The van der Waals surface area contributed by atoms with Gasteiger partial charge in [0.05, 0.1) is 0 Å². The van der Waals surface area contributed by atoms with Crippen LogP contribution in [0.1, 0.15) is 5.69 Å². The average molecular weight is 284 g/mol. The summed E-state index contributed by atoms with van der Waals surface area (Å²) < 4.78 is 31.1. The molecule has 21 heavy (non-hydrogen) atoms. The van der Waals surface area contributed by atoms with Gasteiger partial charge in [0.25, 0.3) is 5.89 Å². The van der Waals surface area contributed by atoms with Crippen LogP contribution in [-0.4, -0.2) is 15.1 Å². The molecule has 2 heterocycles. The van der Waals surface area contributed by atoms with Crippen molar-refractivity contribution >= 4 is 0 Å². The van der Waals surface area contributed by atoms with Crippen molar-refractivity contribution in [3.8, 4) is 28.9 Å². The van der Waals surface area contributed by atoms with Gasteiger partial charge in [-0.15, -0.1) is 0 Å². The Kier molecular flexibility index (Phi) is 3.12. The normalized spacial score (nSPS) is 10.3. The molecule has 0 unspecified atom stereocenters. The van der Waals surface area contributed by atoms with E-state index in [0.717, 1.165) is 12.1 Å². The van der Waals surface area contributed by atoms with E-state index in [-0.39, 0.29) is 17.4 Å². The van der Waals surface area contributed by atoms with Crippen LogP contribution < -0.4 is 0 Å². The molecule has 0 bridgehead atoms. The molecule has 0 saturated heterocycles. The Bertz CT molecular complexity index is 854. The third kappa shape index (κ3) is 2.47. The van der Waals surface area contributed by atoms with Crippen molar-refractivity contribution in [1.29, 1.82) is 5.26 Å². The van der Waals surface area contributed by atoms with Gasteiger partial charge < -0.3 is 4.52 Å². The zero-order valence-corrected chi connectivity index (χ0v) is 10.4. The molecule has 0 aliphatic rings. The summed E-state index contributed by atoms with van der Waals surface area (Å²) in [5.74, 6) is -1.65. The van der Waals surface area contributed by atoms with E-state index < -0.39 is 11.6 Å². The molecule has 0 saturated carbocycles. The van der Waals surface area contributed by atoms with Crippen LogP contribution in [0.2, 0.25) is 0 Å². The van der Waals surface area contributed by atoms with E-state index in [4.69, 9.17) is 9.78 Å². The summed E-state index contributed by atoms with van der Waals surface area (Å²) in [5, 5.41) is 12.5. The number of pyridine rings is 1. The molecule has 0 aliphatic heterocycles. The van der Waals surface area contributed by atoms with Crippen molar-refractivity contribution in [2.24, 2.45) is 0 Å². The smallest absolute Gasteiger partial charge is 0.258 e. The number of benzene rings is 1. The Hall–Kier alpha value is -3.14. The zero-order chi connectivity index (χ0) is 14.8. The minimum Gasteiger partial charge on any atom is -0.334 e. The van der Waals surface area contributed by atoms with Gasteiger partial charge >= 0.3 is 0 Å². The fourth-order valence-electron chi connectivity index (χ4n) is 1.72. The van der Waals surface area contributed by atoms with Crippen LogP contribution in [0.25, 0.3) is 22.8 Å². The molecule has 0 spiro atoms. The maximum absolute atomic E-state index is 13.2. The van der Waals surface area contributed by atoms with Crippen LogP contribution >= 0.6 is 0 Å². The lowest BCUT2D eigenvalue weighted by atomic mass is 10.2. The lowest BCUT2D eigenvalue weighted by Gasteiger charge is -1.95. The highest BCUT2D eigenvalue weighted by molar-refractivity contribution is 5.60. The summed E-state index contributed by atoms with van der Waals surface area (Å²) >= 11 is 0. The predicted molar refractivity (Wildman–Crippen MR) is 67.6 cm³/mol. The Morgan fingerprint density at radius 3 is 2.67 bits per heavy atom. The summed E-state index contributed by atoms with van der Waals surface area (Å²) in [6.45, 7) is 0. The summed E-state index contributed by atoms with van der Waals surface area (Å²) in [5.41, 5.74) is 1.02. The second kappa shape index (κ2) is 5.09. The van der Waals surface area contributed by atoms with Gasteiger partial charge in [-0.25, -0.2) is 13.8 Å². The fraction of sp³-hybridized carbons (Fsp3) is 0. The molecule has 0 N–H and O–H groups in total. The van der Waals surface area contributed by atoms with Gasteiger partial charge in [-0.05, 0) is 30.3 Å². The Morgan fingerprint density at radius 2 is 1.90 bits per heavy atom. The molecule has 2 aromatic heterocycles. The Morgan fingerprint density at radius 1 is 1.05 bits per heavy atom. The van der Waals surface area contributed by atoms with E-state index in [1.54, 1.807) is 6.07 Å². The quantitative estimate of drug-likeness (QED) is 0.723. The fourth-order valence-corrected chi connectivity index (χ4v) is 1.72. The van der Waals surface area contributed by atoms with Gasteiger partial charge in [0.2, 0.25) is 5.82 Å². The summed E-state index contributed by atoms with van der Waals surface area (Å²) in [6, 6.07) is 8.30. The summed E-state index contributed by atoms with van der Waals surface area (Å²) in [7, 11) is 0. The van der Waals surface area contributed by atoms with E-state index >= 15 is 0 Å². The lowest BCUT2D eigenvalue weighted by molar-refractivity contribution is 0.432. The van der Waals surface area contributed by atoms with Crippen LogP contribution in [-0.2, 0) is 0 Å². The second-order valence-corrected chi connectivity index (χ2v) is 4.09. The number of hydrogen-bond donors (Lipinski definition) is 0. The van der Waals surface area contributed by atoms with Crippen LogP contribution in [0.5, 0.6) is 0 Å². The molecule has 0 fully saturated rings. The van der Waals surface area contributed by atoms with Gasteiger partial charge in [-0.2, -0.15) is 10.2 Å². The number of hydrogen-bond acceptors (Lipinski definition) is 5. The predicted octanol–water partition coefficient (Wildman–Crippen LogP) is 2.95. The van der Waals surface area contributed by atoms with Crippen molar-refractivity contribution in [2.45, 2.75) is 0 Å². The highest BCUT2D eigenvalue weighted by atomic mass is 19.2. The van der Waals surface area contributed by atoms with Crippen molar-refractivity contribution in [2.75, 3.05) is 0 Å². The third-order valence-corrected chi connectivity index (χ3v) is 2.73. The lowest BCUT2D eigenvalue weighted by Crippen LogP contribution is -1.87. The van der Waals surface area contributed by atoms with E-state index in [1.807, 2.05) is 6.07 Å². The Labute approximate surface area is 117 Å². The molecule has 3 rings (SSSR count). The first-order chi connectivity index (χ1) is 10.2. The average Bonchev–Trinajstić information content (AvgIpc) is 3.00. The van der Waals surface area contributed by atoms with E-state index in [1.165, 1.54) is 18.3 Å². The number of nitriles is 1. The number of halogens is 2. The number of aromatic nitrogens is 3. The first kappa shape index (κ1) is 12.9. The van der Waals surface area contributed by atoms with E-state index in [9.17, 15) is 8.78 Å². The largest absolute Gasteiger partial charge is 0.334 e. The van der Waals surface area contributed by atoms with Gasteiger partial charge in [0, 0.05) is 17.3 Å². The molecular formula is C14H6F2N4O. The number of nitrogens with zero attached hydrogens (tertiary/aromatic N) is 4. The first-order valence-electron chi connectivity index (χ1n) is 5.83. The number of rotatable bonds is 2. The standard InChI is InChI=1S/C14H6F2N4O/c15-11-2-1-8(6-12(11)16)13-19-14(21-20-13)9-3-4-18-10(5-9)7-17/h1-6H. The van der Waals surface area contributed by atoms with Crippen LogP contribution in [0.3, 0.4) is 0 Å². The molecule has 0 amide bonds. The topological polar surface area (TPSA) is 75.6 Å². The van der Waals surface area contributed by atoms with Crippen LogP contribution in [0.4, 0.5) is 8.78 Å². The maximum Gasteiger partial charge on any atom is 0.258 e. The minimum atomic E-state index is -0.991. The maximum atomic E-state index is 13.2. The van der Waals surface area contributed by atoms with Gasteiger partial charge in [-0.1, -0.05) is 5.16 Å². The molecule has 5 nitrogen and oxygen atoms in total. The molecule has 102 valence electrons. The highest BCUT2D eigenvalue weighted by Gasteiger charge is 2.13. The van der Waals surface area contributed by atoms with Crippen LogP contribution in [0.15, 0.2) is 41.1 Å². The molecule has 3 aromatic rings. The molecule has 0 aliphatic carbocycles. The van der Waals surface area contributed by atoms with Crippen molar-refractivity contribution in [3.63, 3.8) is 0 Å². The molecule has 1 aromatic carbocycles. The molecule has 7 heteroatoms. The Balaban J connectivity index is 1.99. The van der Waals surface area contributed by atoms with E-state index in [0.29, 0.717) is 11.1 Å². The zero-order valence-electron chi connectivity index (χ0n) is 10.4. The van der Waals surface area contributed by atoms with Gasteiger partial charge in [0.1, 0.15) is 11.8 Å². The van der Waals surface area contributed by atoms with E-state index in [2.05, 4.69) is 15.1 Å². The second-order valence-electron chi connectivity index (χ2n) is 4.09. The van der Waals surface area contributed by atoms with Crippen LogP contribution in [0, 0.1) is 23.0 Å². The van der Waals surface area contributed by atoms with Crippen molar-refractivity contribution in [3.05, 3.63) is 53.9 Å². The highest BCUT2D eigenvalue weighted by Crippen LogP contribution is 2.23. The molecule has 0 atom stereocenters. The molecule has 0 radical (unpaired) electrons. The summed E-state index contributed by atoms with van der Waals surface area (Å²) in [4.78, 5) is 7.92. The summed E-state index contributed by atoms with van der Waals surface area (Å²) in [6.07, 6.45) is 1.44. The molecular weight excluding hydrogens is 278 g/mol. The van der Waals surface area contributed by atoms with Crippen molar-refractivity contribution in [1.82, 2.24) is 15.1 Å². The third-order valence-electron chi connectivity index (χ3n) is 2.73. The van der Waals surface area contributed by atoms with Gasteiger partial charge in [-0.3, -0.25) is 0 Å².